The van der Waals surface area contributed by atoms with Gasteiger partial charge in [-0.2, -0.15) is 5.26 Å². The molecule has 4 rings (SSSR count). The molecule has 0 saturated heterocycles. The Balaban J connectivity index is 1.56. The van der Waals surface area contributed by atoms with Gasteiger partial charge in [-0.1, -0.05) is 72.8 Å². The second-order valence-corrected chi connectivity index (χ2v) is 8.67. The molecular formula is C32H26N2O4. The van der Waals surface area contributed by atoms with E-state index in [1.54, 1.807) is 60.7 Å². The van der Waals surface area contributed by atoms with Crippen molar-refractivity contribution in [3.05, 3.63) is 138 Å². The first kappa shape index (κ1) is 25.9. The summed E-state index contributed by atoms with van der Waals surface area (Å²) in [6.45, 7) is 0. The largest absolute Gasteiger partial charge is 0.481 e. The highest BCUT2D eigenvalue weighted by Gasteiger charge is 2.28. The molecule has 0 bridgehead atoms. The lowest BCUT2D eigenvalue weighted by Crippen LogP contribution is -2.43. The van der Waals surface area contributed by atoms with Gasteiger partial charge in [0.1, 0.15) is 11.5 Å². The predicted molar refractivity (Wildman–Crippen MR) is 146 cm³/mol. The zero-order valence-corrected chi connectivity index (χ0v) is 20.5. The number of carbonyl (C=O) groups is 2. The van der Waals surface area contributed by atoms with E-state index in [2.05, 4.69) is 11.4 Å². The first-order valence-electron chi connectivity index (χ1n) is 12.1. The number of hydrogen-bond donors (Lipinski definition) is 2. The van der Waals surface area contributed by atoms with Crippen LogP contribution in [0.2, 0.25) is 0 Å². The maximum atomic E-state index is 13.2. The summed E-state index contributed by atoms with van der Waals surface area (Å²) < 4.78 is 5.79. The topological polar surface area (TPSA) is 99.4 Å². The SMILES string of the molecule is N#Cc1cccc(C[C@@H](C(=O)O)[C@@H](/C=C/c2ccccc2)NC(=O)c2ccc(Oc3ccccc3)cc2)c1. The van der Waals surface area contributed by atoms with E-state index in [-0.39, 0.29) is 6.42 Å². The number of nitriles is 1. The third kappa shape index (κ3) is 7.19. The Morgan fingerprint density at radius 2 is 1.53 bits per heavy atom. The molecule has 0 aliphatic heterocycles. The highest BCUT2D eigenvalue weighted by molar-refractivity contribution is 5.95. The lowest BCUT2D eigenvalue weighted by molar-refractivity contribution is -0.142. The molecule has 0 saturated carbocycles. The second-order valence-electron chi connectivity index (χ2n) is 8.67. The number of nitrogens with zero attached hydrogens (tertiary/aromatic N) is 1. The molecule has 6 heteroatoms. The van der Waals surface area contributed by atoms with E-state index in [4.69, 9.17) is 4.74 Å². The van der Waals surface area contributed by atoms with Gasteiger partial charge in [-0.25, -0.2) is 0 Å². The van der Waals surface area contributed by atoms with E-state index in [0.717, 1.165) is 5.56 Å². The van der Waals surface area contributed by atoms with Gasteiger partial charge < -0.3 is 15.2 Å². The number of nitrogens with one attached hydrogen (secondary N) is 1. The van der Waals surface area contributed by atoms with Gasteiger partial charge in [0.25, 0.3) is 5.91 Å². The van der Waals surface area contributed by atoms with Gasteiger partial charge in [0, 0.05) is 5.56 Å². The molecule has 0 aliphatic rings. The van der Waals surface area contributed by atoms with Gasteiger partial charge >= 0.3 is 5.97 Å². The minimum atomic E-state index is -1.05. The van der Waals surface area contributed by atoms with Crippen molar-refractivity contribution in [2.45, 2.75) is 12.5 Å². The van der Waals surface area contributed by atoms with E-state index in [1.807, 2.05) is 60.7 Å². The van der Waals surface area contributed by atoms with Crippen molar-refractivity contribution in [3.63, 3.8) is 0 Å². The molecule has 4 aromatic rings. The lowest BCUT2D eigenvalue weighted by atomic mass is 9.90. The molecule has 0 radical (unpaired) electrons. The van der Waals surface area contributed by atoms with Crippen LogP contribution in [0.3, 0.4) is 0 Å². The fraction of sp³-hybridized carbons (Fsp3) is 0.0938. The molecular weight excluding hydrogens is 476 g/mol. The normalized spacial score (nSPS) is 12.3. The van der Waals surface area contributed by atoms with E-state index >= 15 is 0 Å². The Kier molecular flexibility index (Phi) is 8.67. The van der Waals surface area contributed by atoms with Crippen LogP contribution in [0.15, 0.2) is 115 Å². The molecule has 0 fully saturated rings. The van der Waals surface area contributed by atoms with E-state index < -0.39 is 23.8 Å². The predicted octanol–water partition coefficient (Wildman–Crippen LogP) is 6.11. The Morgan fingerprint density at radius 3 is 2.18 bits per heavy atom. The first-order valence-corrected chi connectivity index (χ1v) is 12.1. The minimum Gasteiger partial charge on any atom is -0.481 e. The monoisotopic (exact) mass is 502 g/mol. The summed E-state index contributed by atoms with van der Waals surface area (Å²) in [5.74, 6) is -1.17. The van der Waals surface area contributed by atoms with Gasteiger partial charge in [0.15, 0.2) is 0 Å². The van der Waals surface area contributed by atoms with Crippen LogP contribution in [-0.4, -0.2) is 23.0 Å². The summed E-state index contributed by atoms with van der Waals surface area (Å²) in [5, 5.41) is 22.2. The van der Waals surface area contributed by atoms with Crippen molar-refractivity contribution in [2.24, 2.45) is 5.92 Å². The molecule has 6 nitrogen and oxygen atoms in total. The standard InChI is InChI=1S/C32H26N2O4/c33-22-25-11-7-10-24(20-25)21-29(32(36)37)30(19-14-23-8-3-1-4-9-23)34-31(35)26-15-17-28(18-16-26)38-27-12-5-2-6-13-27/h1-20,29-30H,21H2,(H,34,35)(H,36,37)/b19-14+/t29-,30-/m1/s1. The minimum absolute atomic E-state index is 0.138. The fourth-order valence-corrected chi connectivity index (χ4v) is 3.99. The third-order valence-corrected chi connectivity index (χ3v) is 5.95. The fourth-order valence-electron chi connectivity index (χ4n) is 3.99. The van der Waals surface area contributed by atoms with E-state index in [9.17, 15) is 20.0 Å². The number of amides is 1. The maximum Gasteiger partial charge on any atom is 0.309 e. The van der Waals surface area contributed by atoms with Crippen LogP contribution in [0, 0.1) is 17.2 Å². The van der Waals surface area contributed by atoms with Crippen molar-refractivity contribution >= 4 is 18.0 Å². The van der Waals surface area contributed by atoms with Crippen molar-refractivity contribution in [2.75, 3.05) is 0 Å². The smallest absolute Gasteiger partial charge is 0.309 e. The van der Waals surface area contributed by atoms with E-state index in [0.29, 0.717) is 28.2 Å². The number of rotatable bonds is 10. The molecule has 1 amide bonds. The molecule has 4 aromatic carbocycles. The van der Waals surface area contributed by atoms with Crippen LogP contribution in [0.4, 0.5) is 0 Å². The number of carboxylic acid groups (broad SMARTS) is 1. The second kappa shape index (κ2) is 12.7. The van der Waals surface area contributed by atoms with Crippen LogP contribution in [-0.2, 0) is 11.2 Å². The van der Waals surface area contributed by atoms with Gasteiger partial charge in [-0.05, 0) is 66.1 Å². The third-order valence-electron chi connectivity index (χ3n) is 5.95. The summed E-state index contributed by atoms with van der Waals surface area (Å²) in [4.78, 5) is 25.6. The maximum absolute atomic E-state index is 13.2. The lowest BCUT2D eigenvalue weighted by Gasteiger charge is -2.23. The van der Waals surface area contributed by atoms with Crippen LogP contribution >= 0.6 is 0 Å². The first-order chi connectivity index (χ1) is 18.5. The van der Waals surface area contributed by atoms with Crippen LogP contribution < -0.4 is 10.1 Å². The zero-order chi connectivity index (χ0) is 26.7. The average Bonchev–Trinajstić information content (AvgIpc) is 2.95. The molecule has 38 heavy (non-hydrogen) atoms. The summed E-state index contributed by atoms with van der Waals surface area (Å²) in [6.07, 6.45) is 3.63. The van der Waals surface area contributed by atoms with Crippen LogP contribution in [0.1, 0.15) is 27.0 Å². The summed E-state index contributed by atoms with van der Waals surface area (Å²) in [7, 11) is 0. The number of hydrogen-bond acceptors (Lipinski definition) is 4. The summed E-state index contributed by atoms with van der Waals surface area (Å²) in [6, 6.07) is 33.5. The number of ether oxygens (including phenoxy) is 1. The van der Waals surface area contributed by atoms with Crippen LogP contribution in [0.5, 0.6) is 11.5 Å². The number of para-hydroxylation sites is 1. The van der Waals surface area contributed by atoms with Crippen molar-refractivity contribution in [3.8, 4) is 17.6 Å². The number of carboxylic acids is 1. The van der Waals surface area contributed by atoms with Gasteiger partial charge in [0.2, 0.25) is 0 Å². The van der Waals surface area contributed by atoms with Crippen molar-refractivity contribution in [1.29, 1.82) is 5.26 Å². The number of aliphatic carboxylic acids is 1. The van der Waals surface area contributed by atoms with Crippen LogP contribution in [0.25, 0.3) is 6.08 Å². The van der Waals surface area contributed by atoms with Gasteiger partial charge in [-0.15, -0.1) is 0 Å². The summed E-state index contributed by atoms with van der Waals surface area (Å²) >= 11 is 0. The highest BCUT2D eigenvalue weighted by atomic mass is 16.5. The molecule has 0 unspecified atom stereocenters. The zero-order valence-electron chi connectivity index (χ0n) is 20.5. The van der Waals surface area contributed by atoms with Crippen molar-refractivity contribution in [1.82, 2.24) is 5.32 Å². The molecule has 2 N–H and O–H groups in total. The Labute approximate surface area is 221 Å². The molecule has 0 spiro atoms. The Hall–Kier alpha value is -5.15. The molecule has 0 aromatic heterocycles. The highest BCUT2D eigenvalue weighted by Crippen LogP contribution is 2.22. The molecule has 2 atom stereocenters. The van der Waals surface area contributed by atoms with Crippen molar-refractivity contribution < 1.29 is 19.4 Å². The summed E-state index contributed by atoms with van der Waals surface area (Å²) in [5.41, 5.74) is 2.40. The van der Waals surface area contributed by atoms with Gasteiger partial charge in [-0.3, -0.25) is 9.59 Å². The van der Waals surface area contributed by atoms with Gasteiger partial charge in [0.05, 0.1) is 23.6 Å². The average molecular weight is 503 g/mol. The van der Waals surface area contributed by atoms with E-state index in [1.165, 1.54) is 0 Å². The molecule has 188 valence electrons. The Morgan fingerprint density at radius 1 is 0.868 bits per heavy atom. The Bertz CT molecular complexity index is 1440. The number of benzene rings is 4. The molecule has 0 aliphatic carbocycles. The molecule has 0 heterocycles. The quantitative estimate of drug-likeness (QED) is 0.273. The number of carbonyl (C=O) groups excluding carboxylic acids is 1.